The van der Waals surface area contributed by atoms with E-state index < -0.39 is 104 Å². The van der Waals surface area contributed by atoms with Crippen LogP contribution in [-0.2, 0) is 38.4 Å². The van der Waals surface area contributed by atoms with Crippen molar-refractivity contribution in [3.63, 3.8) is 0 Å². The van der Waals surface area contributed by atoms with Crippen molar-refractivity contribution in [2.24, 2.45) is 17.2 Å². The van der Waals surface area contributed by atoms with Crippen LogP contribution in [0.4, 0.5) is 0 Å². The Hall–Kier alpha value is -4.36. The van der Waals surface area contributed by atoms with Crippen LogP contribution in [0.1, 0.15) is 64.2 Å². The molecular formula is C26H46N8O11. The lowest BCUT2D eigenvalue weighted by atomic mass is 10.1. The maximum atomic E-state index is 13.0. The average Bonchev–Trinajstić information content (AvgIpc) is 2.98. The molecule has 0 aliphatic rings. The van der Waals surface area contributed by atoms with Crippen molar-refractivity contribution in [2.75, 3.05) is 26.2 Å². The summed E-state index contributed by atoms with van der Waals surface area (Å²) in [6.45, 7) is -0.377. The molecule has 0 aromatic rings. The zero-order valence-electron chi connectivity index (χ0n) is 25.0. The largest absolute Gasteiger partial charge is 0.481 e. The molecule has 14 N–H and O–H groups in total. The lowest BCUT2D eigenvalue weighted by Gasteiger charge is -2.24. The predicted molar refractivity (Wildman–Crippen MR) is 157 cm³/mol. The topological polar surface area (TPSA) is 335 Å². The van der Waals surface area contributed by atoms with Gasteiger partial charge in [-0.1, -0.05) is 0 Å². The number of amides is 5. The molecular weight excluding hydrogens is 600 g/mol. The van der Waals surface area contributed by atoms with Crippen LogP contribution in [0.2, 0.25) is 0 Å². The molecule has 0 aromatic carbocycles. The number of nitrogens with two attached hydrogens (primary N) is 3. The van der Waals surface area contributed by atoms with Gasteiger partial charge in [0.05, 0.1) is 13.1 Å². The van der Waals surface area contributed by atoms with Gasteiger partial charge in [0.2, 0.25) is 29.5 Å². The number of carboxylic acids is 3. The molecule has 0 fully saturated rings. The van der Waals surface area contributed by atoms with E-state index in [-0.39, 0.29) is 19.4 Å². The Labute approximate surface area is 259 Å². The molecule has 45 heavy (non-hydrogen) atoms. The number of carbonyl (C=O) groups is 8. The van der Waals surface area contributed by atoms with E-state index in [4.69, 9.17) is 27.4 Å². The second kappa shape index (κ2) is 23.1. The van der Waals surface area contributed by atoms with E-state index in [2.05, 4.69) is 26.6 Å². The van der Waals surface area contributed by atoms with Gasteiger partial charge in [-0.3, -0.25) is 33.6 Å². The van der Waals surface area contributed by atoms with Crippen LogP contribution in [0.5, 0.6) is 0 Å². The van der Waals surface area contributed by atoms with Gasteiger partial charge in [0.1, 0.15) is 24.2 Å². The second-order valence-corrected chi connectivity index (χ2v) is 10.1. The summed E-state index contributed by atoms with van der Waals surface area (Å²) in [4.78, 5) is 96.5. The molecule has 256 valence electrons. The minimum absolute atomic E-state index is 0.132. The van der Waals surface area contributed by atoms with Crippen molar-refractivity contribution in [3.8, 4) is 0 Å². The highest BCUT2D eigenvalue weighted by Gasteiger charge is 2.29. The second-order valence-electron chi connectivity index (χ2n) is 10.1. The van der Waals surface area contributed by atoms with Crippen molar-refractivity contribution in [1.82, 2.24) is 26.6 Å². The third kappa shape index (κ3) is 18.8. The molecule has 5 amide bonds. The smallest absolute Gasteiger partial charge is 0.326 e. The zero-order valence-corrected chi connectivity index (χ0v) is 25.0. The Kier molecular flexibility index (Phi) is 20.8. The molecule has 19 heteroatoms. The SMILES string of the molecule is NCCCC[C@H](NC(=O)CN)C(=O)N[C@@H](CCCCN)C(=O)NCC(=O)N[C@@H](CCC(=O)O)C(=O)N[C@@H](CCC(=O)O)C(=O)O. The summed E-state index contributed by atoms with van der Waals surface area (Å²) in [6.07, 6.45) is 0.339. The monoisotopic (exact) mass is 646 g/mol. The Morgan fingerprint density at radius 1 is 0.511 bits per heavy atom. The van der Waals surface area contributed by atoms with Crippen LogP contribution in [0, 0.1) is 0 Å². The van der Waals surface area contributed by atoms with Gasteiger partial charge in [0.15, 0.2) is 0 Å². The van der Waals surface area contributed by atoms with E-state index in [0.29, 0.717) is 38.8 Å². The fourth-order valence-electron chi connectivity index (χ4n) is 3.92. The zero-order chi connectivity index (χ0) is 34.4. The quantitative estimate of drug-likeness (QED) is 0.0422. The minimum atomic E-state index is -1.62. The van der Waals surface area contributed by atoms with Gasteiger partial charge in [-0.15, -0.1) is 0 Å². The molecule has 0 saturated carbocycles. The van der Waals surface area contributed by atoms with Crippen LogP contribution < -0.4 is 43.8 Å². The molecule has 0 aliphatic carbocycles. The van der Waals surface area contributed by atoms with Crippen molar-refractivity contribution in [2.45, 2.75) is 88.4 Å². The third-order valence-corrected chi connectivity index (χ3v) is 6.35. The summed E-state index contributed by atoms with van der Waals surface area (Å²) >= 11 is 0. The van der Waals surface area contributed by atoms with Gasteiger partial charge in [-0.05, 0) is 64.5 Å². The van der Waals surface area contributed by atoms with E-state index in [9.17, 15) is 43.5 Å². The third-order valence-electron chi connectivity index (χ3n) is 6.35. The van der Waals surface area contributed by atoms with Gasteiger partial charge in [-0.25, -0.2) is 4.79 Å². The Bertz CT molecular complexity index is 1030. The van der Waals surface area contributed by atoms with Gasteiger partial charge < -0.3 is 59.1 Å². The highest BCUT2D eigenvalue weighted by atomic mass is 16.4. The van der Waals surface area contributed by atoms with E-state index in [1.807, 2.05) is 0 Å². The lowest BCUT2D eigenvalue weighted by molar-refractivity contribution is -0.144. The van der Waals surface area contributed by atoms with Crippen molar-refractivity contribution < 1.29 is 53.7 Å². The maximum Gasteiger partial charge on any atom is 0.326 e. The van der Waals surface area contributed by atoms with Gasteiger partial charge >= 0.3 is 17.9 Å². The van der Waals surface area contributed by atoms with Crippen LogP contribution in [0.15, 0.2) is 0 Å². The number of hydrogen-bond donors (Lipinski definition) is 11. The van der Waals surface area contributed by atoms with E-state index in [1.165, 1.54) is 0 Å². The summed E-state index contributed by atoms with van der Waals surface area (Å²) < 4.78 is 0. The Balaban J connectivity index is 5.53. The molecule has 4 atom stereocenters. The van der Waals surface area contributed by atoms with Gasteiger partial charge in [-0.2, -0.15) is 0 Å². The number of aliphatic carboxylic acids is 3. The maximum absolute atomic E-state index is 13.0. The first-order valence-corrected chi connectivity index (χ1v) is 14.5. The summed E-state index contributed by atoms with van der Waals surface area (Å²) in [6, 6.07) is -5.29. The summed E-state index contributed by atoms with van der Waals surface area (Å²) in [5, 5.41) is 38.8. The first-order valence-electron chi connectivity index (χ1n) is 14.5. The summed E-state index contributed by atoms with van der Waals surface area (Å²) in [5.74, 6) is -8.17. The molecule has 0 heterocycles. The number of unbranched alkanes of at least 4 members (excludes halogenated alkanes) is 2. The number of carbonyl (C=O) groups excluding carboxylic acids is 5. The van der Waals surface area contributed by atoms with E-state index >= 15 is 0 Å². The molecule has 0 unspecified atom stereocenters. The first kappa shape index (κ1) is 40.6. The Morgan fingerprint density at radius 3 is 1.38 bits per heavy atom. The molecule has 19 nitrogen and oxygen atoms in total. The predicted octanol–water partition coefficient (Wildman–Crippen LogP) is -3.93. The highest BCUT2D eigenvalue weighted by molar-refractivity contribution is 5.95. The van der Waals surface area contributed by atoms with Crippen LogP contribution in [-0.4, -0.2) is 113 Å². The van der Waals surface area contributed by atoms with Crippen LogP contribution >= 0.6 is 0 Å². The molecule has 0 rings (SSSR count). The number of nitrogens with one attached hydrogen (secondary N) is 5. The minimum Gasteiger partial charge on any atom is -0.481 e. The molecule has 0 spiro atoms. The first-order chi connectivity index (χ1) is 21.2. The number of carboxylic acid groups (broad SMARTS) is 3. The highest BCUT2D eigenvalue weighted by Crippen LogP contribution is 2.06. The van der Waals surface area contributed by atoms with Gasteiger partial charge in [0, 0.05) is 12.8 Å². The van der Waals surface area contributed by atoms with E-state index in [1.54, 1.807) is 0 Å². The molecule has 0 bridgehead atoms. The summed E-state index contributed by atoms with van der Waals surface area (Å²) in [7, 11) is 0. The van der Waals surface area contributed by atoms with Crippen molar-refractivity contribution in [1.29, 1.82) is 0 Å². The molecule has 0 aromatic heterocycles. The van der Waals surface area contributed by atoms with E-state index in [0.717, 1.165) is 0 Å². The van der Waals surface area contributed by atoms with Crippen molar-refractivity contribution in [3.05, 3.63) is 0 Å². The fourth-order valence-corrected chi connectivity index (χ4v) is 3.92. The Morgan fingerprint density at radius 2 is 0.933 bits per heavy atom. The van der Waals surface area contributed by atoms with Crippen molar-refractivity contribution >= 4 is 47.4 Å². The fraction of sp³-hybridized carbons (Fsp3) is 0.692. The lowest BCUT2D eigenvalue weighted by Crippen LogP contribution is -2.56. The summed E-state index contributed by atoms with van der Waals surface area (Å²) in [5.41, 5.74) is 16.4. The number of rotatable bonds is 25. The number of hydrogen-bond acceptors (Lipinski definition) is 11. The standard InChI is InChI=1S/C26H46N8O11/c27-11-3-1-5-15(33-24(42)16(6-2-4-12-28)31-19(35)13-29)23(41)30-14-20(36)32-17(7-9-21(37)38)25(43)34-18(26(44)45)8-10-22(39)40/h15-18H,1-14,27-29H2,(H,30,41)(H,31,35)(H,32,36)(H,33,42)(H,34,43)(H,37,38)(H,39,40)(H,44,45)/t15-,16-,17-,18-/m0/s1. The molecule has 0 aliphatic heterocycles. The van der Waals surface area contributed by atoms with Crippen LogP contribution in [0.3, 0.4) is 0 Å². The molecule has 0 saturated heterocycles. The molecule has 0 radical (unpaired) electrons. The average molecular weight is 647 g/mol. The normalized spacial score (nSPS) is 13.3. The van der Waals surface area contributed by atoms with Gasteiger partial charge in [0.25, 0.3) is 0 Å². The van der Waals surface area contributed by atoms with Crippen LogP contribution in [0.25, 0.3) is 0 Å².